The molecule has 0 heterocycles. The maximum absolute atomic E-state index is 9.83. The second-order valence-electron chi connectivity index (χ2n) is 5.10. The Bertz CT molecular complexity index is 563. The Kier molecular flexibility index (Phi) is 5.59. The zero-order valence-corrected chi connectivity index (χ0v) is 12.4. The van der Waals surface area contributed by atoms with E-state index in [1.54, 1.807) is 7.11 Å². The standard InChI is InChI=1S/C19H22O2/c1-3-9-16(14-20)19(15-10-5-4-6-11-15)17-12-7-8-13-18(17)21-2/h3-8,10-13,16,19-20H,1,9,14H2,2H3. The Labute approximate surface area is 126 Å². The molecule has 2 aromatic rings. The predicted molar refractivity (Wildman–Crippen MR) is 86.7 cm³/mol. The third-order valence-corrected chi connectivity index (χ3v) is 3.81. The van der Waals surface area contributed by atoms with E-state index in [1.807, 2.05) is 42.5 Å². The molecule has 2 rings (SSSR count). The fourth-order valence-corrected chi connectivity index (χ4v) is 2.82. The number of methoxy groups -OCH3 is 1. The Morgan fingerprint density at radius 3 is 2.38 bits per heavy atom. The first-order chi connectivity index (χ1) is 10.3. The second kappa shape index (κ2) is 7.65. The van der Waals surface area contributed by atoms with Gasteiger partial charge < -0.3 is 9.84 Å². The zero-order chi connectivity index (χ0) is 15.1. The molecule has 0 spiro atoms. The molecule has 0 amide bonds. The molecule has 2 heteroatoms. The van der Waals surface area contributed by atoms with Gasteiger partial charge in [0.1, 0.15) is 5.75 Å². The van der Waals surface area contributed by atoms with Crippen molar-refractivity contribution in [2.45, 2.75) is 12.3 Å². The number of hydrogen-bond acceptors (Lipinski definition) is 2. The van der Waals surface area contributed by atoms with Crippen LogP contribution in [0.1, 0.15) is 23.5 Å². The van der Waals surface area contributed by atoms with E-state index in [-0.39, 0.29) is 18.4 Å². The lowest BCUT2D eigenvalue weighted by atomic mass is 9.79. The molecular weight excluding hydrogens is 260 g/mol. The molecule has 0 radical (unpaired) electrons. The molecule has 0 aliphatic carbocycles. The molecule has 2 unspecified atom stereocenters. The van der Waals surface area contributed by atoms with Crippen molar-refractivity contribution in [3.05, 3.63) is 78.4 Å². The molecule has 2 aromatic carbocycles. The number of aliphatic hydroxyl groups excluding tert-OH is 1. The topological polar surface area (TPSA) is 29.5 Å². The summed E-state index contributed by atoms with van der Waals surface area (Å²) in [5.74, 6) is 1.03. The van der Waals surface area contributed by atoms with E-state index in [9.17, 15) is 5.11 Å². The van der Waals surface area contributed by atoms with Crippen LogP contribution >= 0.6 is 0 Å². The monoisotopic (exact) mass is 282 g/mol. The van der Waals surface area contributed by atoms with Crippen LogP contribution in [0.4, 0.5) is 0 Å². The highest BCUT2D eigenvalue weighted by Gasteiger charge is 2.25. The summed E-state index contributed by atoms with van der Waals surface area (Å²) in [4.78, 5) is 0. The van der Waals surface area contributed by atoms with Crippen molar-refractivity contribution in [2.75, 3.05) is 13.7 Å². The lowest BCUT2D eigenvalue weighted by Gasteiger charge is -2.27. The average molecular weight is 282 g/mol. The fourth-order valence-electron chi connectivity index (χ4n) is 2.82. The SMILES string of the molecule is C=CCC(CO)C(c1ccccc1)c1ccccc1OC. The van der Waals surface area contributed by atoms with Crippen LogP contribution in [-0.2, 0) is 0 Å². The lowest BCUT2D eigenvalue weighted by Crippen LogP contribution is -2.18. The molecule has 0 saturated carbocycles. The summed E-state index contributed by atoms with van der Waals surface area (Å²) in [6.45, 7) is 3.93. The number of ether oxygens (including phenoxy) is 1. The van der Waals surface area contributed by atoms with Crippen molar-refractivity contribution in [3.8, 4) is 5.75 Å². The van der Waals surface area contributed by atoms with Gasteiger partial charge in [0.05, 0.1) is 7.11 Å². The van der Waals surface area contributed by atoms with Gasteiger partial charge in [-0.25, -0.2) is 0 Å². The summed E-state index contributed by atoms with van der Waals surface area (Å²) in [7, 11) is 1.68. The highest BCUT2D eigenvalue weighted by Crippen LogP contribution is 2.38. The Morgan fingerprint density at radius 2 is 1.76 bits per heavy atom. The summed E-state index contributed by atoms with van der Waals surface area (Å²) >= 11 is 0. The predicted octanol–water partition coefficient (Wildman–Crippen LogP) is 4.01. The first kappa shape index (κ1) is 15.3. The van der Waals surface area contributed by atoms with Crippen LogP contribution in [-0.4, -0.2) is 18.8 Å². The smallest absolute Gasteiger partial charge is 0.122 e. The molecule has 1 N–H and O–H groups in total. The van der Waals surface area contributed by atoms with E-state index in [1.165, 1.54) is 5.56 Å². The minimum Gasteiger partial charge on any atom is -0.496 e. The summed E-state index contributed by atoms with van der Waals surface area (Å²) in [6, 6.07) is 18.3. The second-order valence-corrected chi connectivity index (χ2v) is 5.10. The molecule has 0 fully saturated rings. The van der Waals surface area contributed by atoms with Crippen LogP contribution < -0.4 is 4.74 Å². The van der Waals surface area contributed by atoms with Crippen molar-refractivity contribution < 1.29 is 9.84 Å². The van der Waals surface area contributed by atoms with Gasteiger partial charge >= 0.3 is 0 Å². The largest absolute Gasteiger partial charge is 0.496 e. The first-order valence-electron chi connectivity index (χ1n) is 7.21. The van der Waals surface area contributed by atoms with Crippen molar-refractivity contribution >= 4 is 0 Å². The quantitative estimate of drug-likeness (QED) is 0.777. The van der Waals surface area contributed by atoms with Crippen molar-refractivity contribution in [3.63, 3.8) is 0 Å². The maximum Gasteiger partial charge on any atom is 0.122 e. The number of aliphatic hydroxyl groups is 1. The maximum atomic E-state index is 9.83. The summed E-state index contributed by atoms with van der Waals surface area (Å²) < 4.78 is 5.51. The minimum atomic E-state index is 0.0844. The van der Waals surface area contributed by atoms with E-state index < -0.39 is 0 Å². The van der Waals surface area contributed by atoms with E-state index >= 15 is 0 Å². The highest BCUT2D eigenvalue weighted by atomic mass is 16.5. The number of allylic oxidation sites excluding steroid dienone is 1. The van der Waals surface area contributed by atoms with E-state index in [2.05, 4.69) is 24.8 Å². The van der Waals surface area contributed by atoms with Gasteiger partial charge in [-0.1, -0.05) is 54.6 Å². The third-order valence-electron chi connectivity index (χ3n) is 3.81. The van der Waals surface area contributed by atoms with Gasteiger partial charge in [-0.05, 0) is 24.0 Å². The molecule has 2 atom stereocenters. The van der Waals surface area contributed by atoms with Crippen LogP contribution in [0.3, 0.4) is 0 Å². The van der Waals surface area contributed by atoms with E-state index in [0.29, 0.717) is 0 Å². The molecule has 0 bridgehead atoms. The van der Waals surface area contributed by atoms with Gasteiger partial charge in [-0.2, -0.15) is 0 Å². The Hall–Kier alpha value is -2.06. The lowest BCUT2D eigenvalue weighted by molar-refractivity contribution is 0.213. The van der Waals surface area contributed by atoms with Crippen molar-refractivity contribution in [2.24, 2.45) is 5.92 Å². The number of hydrogen-bond donors (Lipinski definition) is 1. The van der Waals surface area contributed by atoms with Crippen LogP contribution in [0, 0.1) is 5.92 Å². The molecule has 0 saturated heterocycles. The van der Waals surface area contributed by atoms with E-state index in [4.69, 9.17) is 4.74 Å². The molecule has 2 nitrogen and oxygen atoms in total. The van der Waals surface area contributed by atoms with Crippen molar-refractivity contribution in [1.82, 2.24) is 0 Å². The molecule has 0 aromatic heterocycles. The van der Waals surface area contributed by atoms with Gasteiger partial charge in [-0.3, -0.25) is 0 Å². The number of rotatable bonds is 7. The first-order valence-corrected chi connectivity index (χ1v) is 7.21. The highest BCUT2D eigenvalue weighted by molar-refractivity contribution is 5.42. The summed E-state index contributed by atoms with van der Waals surface area (Å²) in [5.41, 5.74) is 2.29. The van der Waals surface area contributed by atoms with Crippen LogP contribution in [0.2, 0.25) is 0 Å². The number of benzene rings is 2. The molecule has 0 aliphatic rings. The molecule has 21 heavy (non-hydrogen) atoms. The average Bonchev–Trinajstić information content (AvgIpc) is 2.55. The molecular formula is C19H22O2. The third kappa shape index (κ3) is 3.53. The van der Waals surface area contributed by atoms with E-state index in [0.717, 1.165) is 17.7 Å². The summed E-state index contributed by atoms with van der Waals surface area (Å²) in [6.07, 6.45) is 2.63. The van der Waals surface area contributed by atoms with Crippen LogP contribution in [0.25, 0.3) is 0 Å². The molecule has 0 aliphatic heterocycles. The zero-order valence-electron chi connectivity index (χ0n) is 12.4. The Balaban J connectivity index is 2.52. The van der Waals surface area contributed by atoms with Gasteiger partial charge in [0, 0.05) is 18.1 Å². The normalized spacial score (nSPS) is 13.4. The van der Waals surface area contributed by atoms with Gasteiger partial charge in [0.25, 0.3) is 0 Å². The fraction of sp³-hybridized carbons (Fsp3) is 0.263. The molecule has 110 valence electrons. The van der Waals surface area contributed by atoms with Gasteiger partial charge in [-0.15, -0.1) is 6.58 Å². The van der Waals surface area contributed by atoms with Crippen LogP contribution in [0.5, 0.6) is 5.75 Å². The van der Waals surface area contributed by atoms with Crippen LogP contribution in [0.15, 0.2) is 67.3 Å². The number of para-hydroxylation sites is 1. The minimum absolute atomic E-state index is 0.0844. The Morgan fingerprint density at radius 1 is 1.10 bits per heavy atom. The van der Waals surface area contributed by atoms with Gasteiger partial charge in [0.15, 0.2) is 0 Å². The van der Waals surface area contributed by atoms with Crippen molar-refractivity contribution in [1.29, 1.82) is 0 Å². The van der Waals surface area contributed by atoms with Gasteiger partial charge in [0.2, 0.25) is 0 Å². The summed E-state index contributed by atoms with van der Waals surface area (Å²) in [5, 5.41) is 9.83.